The molecule has 0 saturated heterocycles. The van der Waals surface area contributed by atoms with Crippen molar-refractivity contribution in [3.63, 3.8) is 0 Å². The number of halogens is 2. The summed E-state index contributed by atoms with van der Waals surface area (Å²) in [6.07, 6.45) is -1.11. The molecule has 3 rings (SSSR count). The first-order valence-corrected chi connectivity index (χ1v) is 8.28. The number of nitrogens with one attached hydrogen (secondary N) is 1. The van der Waals surface area contributed by atoms with Crippen LogP contribution < -0.4 is 5.32 Å². The summed E-state index contributed by atoms with van der Waals surface area (Å²) in [6, 6.07) is 16.6. The van der Waals surface area contributed by atoms with Crippen molar-refractivity contribution in [2.45, 2.75) is 13.0 Å². The van der Waals surface area contributed by atoms with Crippen LogP contribution in [0, 0.1) is 5.82 Å². The highest BCUT2D eigenvalue weighted by atomic mass is 35.5. The van der Waals surface area contributed by atoms with E-state index in [1.807, 2.05) is 36.4 Å². The van der Waals surface area contributed by atoms with Crippen LogP contribution in [0.3, 0.4) is 0 Å². The van der Waals surface area contributed by atoms with Crippen LogP contribution in [0.4, 0.5) is 10.1 Å². The predicted octanol–water partition coefficient (Wildman–Crippen LogP) is 4.82. The molecule has 132 valence electrons. The van der Waals surface area contributed by atoms with Crippen LogP contribution in [-0.4, -0.2) is 18.0 Å². The Hall–Kier alpha value is -2.92. The van der Waals surface area contributed by atoms with Gasteiger partial charge in [0.1, 0.15) is 5.82 Å². The third-order valence-electron chi connectivity index (χ3n) is 3.85. The largest absolute Gasteiger partial charge is 0.449 e. The van der Waals surface area contributed by atoms with E-state index in [0.29, 0.717) is 5.69 Å². The summed E-state index contributed by atoms with van der Waals surface area (Å²) in [7, 11) is 0. The molecule has 1 atom stereocenters. The van der Waals surface area contributed by atoms with Gasteiger partial charge in [0.2, 0.25) is 0 Å². The van der Waals surface area contributed by atoms with Crippen molar-refractivity contribution < 1.29 is 18.7 Å². The third-order valence-corrected chi connectivity index (χ3v) is 4.08. The van der Waals surface area contributed by atoms with Crippen molar-refractivity contribution in [2.75, 3.05) is 5.32 Å². The van der Waals surface area contributed by atoms with Crippen molar-refractivity contribution >= 4 is 39.9 Å². The van der Waals surface area contributed by atoms with E-state index < -0.39 is 23.8 Å². The van der Waals surface area contributed by atoms with Crippen LogP contribution in [0.5, 0.6) is 0 Å². The number of hydrogen-bond donors (Lipinski definition) is 1. The Morgan fingerprint density at radius 1 is 1.08 bits per heavy atom. The Bertz CT molecular complexity index is 984. The average molecular weight is 372 g/mol. The maximum absolute atomic E-state index is 13.7. The van der Waals surface area contributed by atoms with E-state index in [2.05, 4.69) is 5.32 Å². The van der Waals surface area contributed by atoms with Crippen molar-refractivity contribution in [3.8, 4) is 0 Å². The van der Waals surface area contributed by atoms with Gasteiger partial charge in [-0.05, 0) is 36.6 Å². The molecule has 0 heterocycles. The maximum Gasteiger partial charge on any atom is 0.341 e. The fourth-order valence-electron chi connectivity index (χ4n) is 2.50. The van der Waals surface area contributed by atoms with E-state index >= 15 is 0 Å². The summed E-state index contributed by atoms with van der Waals surface area (Å²) in [4.78, 5) is 24.5. The number of rotatable bonds is 4. The number of hydrogen-bond acceptors (Lipinski definition) is 3. The molecule has 4 nitrogen and oxygen atoms in total. The third kappa shape index (κ3) is 3.83. The van der Waals surface area contributed by atoms with E-state index in [0.717, 1.165) is 22.9 Å². The molecule has 0 bridgehead atoms. The lowest BCUT2D eigenvalue weighted by Gasteiger charge is -2.15. The fraction of sp³-hybridized carbons (Fsp3) is 0.100. The molecule has 3 aromatic carbocycles. The molecule has 0 aliphatic rings. The Labute approximate surface area is 154 Å². The SMILES string of the molecule is C[C@H](OC(=O)c1cc(Cl)ccc1F)C(=O)Nc1cccc2ccccc12. The monoisotopic (exact) mass is 371 g/mol. The molecule has 0 aliphatic heterocycles. The average Bonchev–Trinajstić information content (AvgIpc) is 2.63. The minimum Gasteiger partial charge on any atom is -0.449 e. The van der Waals surface area contributed by atoms with Gasteiger partial charge in [-0.3, -0.25) is 4.79 Å². The Balaban J connectivity index is 1.73. The highest BCUT2D eigenvalue weighted by Crippen LogP contribution is 2.23. The van der Waals surface area contributed by atoms with Gasteiger partial charge in [-0.2, -0.15) is 0 Å². The van der Waals surface area contributed by atoms with Crippen LogP contribution in [0.15, 0.2) is 60.7 Å². The number of fused-ring (bicyclic) bond motifs is 1. The first-order chi connectivity index (χ1) is 12.5. The molecule has 6 heteroatoms. The summed E-state index contributed by atoms with van der Waals surface area (Å²) < 4.78 is 18.8. The zero-order chi connectivity index (χ0) is 18.7. The lowest BCUT2D eigenvalue weighted by atomic mass is 10.1. The number of ether oxygens (including phenoxy) is 1. The first kappa shape index (κ1) is 17.9. The maximum atomic E-state index is 13.7. The standard InChI is InChI=1S/C20H15ClFNO3/c1-12(26-20(25)16-11-14(21)9-10-17(16)22)19(24)23-18-8-4-6-13-5-2-3-7-15(13)18/h2-12H,1H3,(H,23,24)/t12-/m0/s1. The molecule has 0 aromatic heterocycles. The Morgan fingerprint density at radius 3 is 2.62 bits per heavy atom. The molecular weight excluding hydrogens is 357 g/mol. The lowest BCUT2D eigenvalue weighted by molar-refractivity contribution is -0.123. The van der Waals surface area contributed by atoms with Crippen molar-refractivity contribution in [3.05, 3.63) is 77.1 Å². The molecule has 0 unspecified atom stereocenters. The van der Waals surface area contributed by atoms with Crippen LogP contribution in [0.2, 0.25) is 5.02 Å². The lowest BCUT2D eigenvalue weighted by Crippen LogP contribution is -2.30. The molecule has 26 heavy (non-hydrogen) atoms. The number of carbonyl (C=O) groups is 2. The molecule has 0 saturated carbocycles. The van der Waals surface area contributed by atoms with E-state index in [1.54, 1.807) is 6.07 Å². The normalized spacial score (nSPS) is 11.8. The van der Waals surface area contributed by atoms with Crippen LogP contribution in [-0.2, 0) is 9.53 Å². The highest BCUT2D eigenvalue weighted by Gasteiger charge is 2.22. The van der Waals surface area contributed by atoms with E-state index in [9.17, 15) is 14.0 Å². The van der Waals surface area contributed by atoms with Crippen molar-refractivity contribution in [2.24, 2.45) is 0 Å². The van der Waals surface area contributed by atoms with Gasteiger partial charge >= 0.3 is 5.97 Å². The zero-order valence-electron chi connectivity index (χ0n) is 13.8. The zero-order valence-corrected chi connectivity index (χ0v) is 14.6. The quantitative estimate of drug-likeness (QED) is 0.669. The van der Waals surface area contributed by atoms with Gasteiger partial charge in [-0.1, -0.05) is 48.0 Å². The van der Waals surface area contributed by atoms with Gasteiger partial charge in [-0.25, -0.2) is 9.18 Å². The van der Waals surface area contributed by atoms with Gasteiger partial charge in [0.05, 0.1) is 5.56 Å². The van der Waals surface area contributed by atoms with E-state index in [-0.39, 0.29) is 10.6 Å². The van der Waals surface area contributed by atoms with Gasteiger partial charge in [0.15, 0.2) is 6.10 Å². The van der Waals surface area contributed by atoms with Crippen LogP contribution in [0.1, 0.15) is 17.3 Å². The number of anilines is 1. The molecule has 1 amide bonds. The van der Waals surface area contributed by atoms with Crippen LogP contribution >= 0.6 is 11.6 Å². The van der Waals surface area contributed by atoms with Gasteiger partial charge in [0, 0.05) is 16.1 Å². The summed E-state index contributed by atoms with van der Waals surface area (Å²) in [5.74, 6) is -2.23. The minimum absolute atomic E-state index is 0.200. The number of benzene rings is 3. The number of amides is 1. The van der Waals surface area contributed by atoms with Gasteiger partial charge in [0.25, 0.3) is 5.91 Å². The molecule has 3 aromatic rings. The van der Waals surface area contributed by atoms with Gasteiger partial charge in [-0.15, -0.1) is 0 Å². The van der Waals surface area contributed by atoms with E-state index in [4.69, 9.17) is 16.3 Å². The molecule has 0 aliphatic carbocycles. The smallest absolute Gasteiger partial charge is 0.341 e. The predicted molar refractivity (Wildman–Crippen MR) is 98.9 cm³/mol. The van der Waals surface area contributed by atoms with Crippen LogP contribution in [0.25, 0.3) is 10.8 Å². The Morgan fingerprint density at radius 2 is 1.81 bits per heavy atom. The number of carbonyl (C=O) groups excluding carboxylic acids is 2. The van der Waals surface area contributed by atoms with E-state index in [1.165, 1.54) is 13.0 Å². The van der Waals surface area contributed by atoms with Gasteiger partial charge < -0.3 is 10.1 Å². The minimum atomic E-state index is -1.11. The second-order valence-electron chi connectivity index (χ2n) is 5.69. The second-order valence-corrected chi connectivity index (χ2v) is 6.12. The topological polar surface area (TPSA) is 55.4 Å². The molecule has 0 radical (unpaired) electrons. The molecular formula is C20H15ClFNO3. The first-order valence-electron chi connectivity index (χ1n) is 7.90. The van der Waals surface area contributed by atoms with Crippen molar-refractivity contribution in [1.29, 1.82) is 0 Å². The highest BCUT2D eigenvalue weighted by molar-refractivity contribution is 6.30. The second kappa shape index (κ2) is 7.54. The fourth-order valence-corrected chi connectivity index (χ4v) is 2.67. The summed E-state index contributed by atoms with van der Waals surface area (Å²) in [6.45, 7) is 1.42. The Kier molecular flexibility index (Phi) is 5.19. The molecule has 1 N–H and O–H groups in total. The molecule has 0 fully saturated rings. The summed E-state index contributed by atoms with van der Waals surface area (Å²) in [5, 5.41) is 4.76. The van der Waals surface area contributed by atoms with Crippen molar-refractivity contribution in [1.82, 2.24) is 0 Å². The number of esters is 1. The summed E-state index contributed by atoms with van der Waals surface area (Å²) in [5.41, 5.74) is 0.284. The summed E-state index contributed by atoms with van der Waals surface area (Å²) >= 11 is 5.77. The molecule has 0 spiro atoms.